The fraction of sp³-hybridized carbons (Fsp3) is 1.00. The van der Waals surface area contributed by atoms with E-state index in [2.05, 4.69) is 19.2 Å². The normalized spacial score (nSPS) is 27.7. The molecule has 1 saturated heterocycles. The van der Waals surface area contributed by atoms with Crippen molar-refractivity contribution in [3.05, 3.63) is 0 Å². The summed E-state index contributed by atoms with van der Waals surface area (Å²) in [4.78, 5) is 0. The Labute approximate surface area is 57.8 Å². The van der Waals surface area contributed by atoms with Gasteiger partial charge in [0.15, 0.2) is 0 Å². The average molecular weight is 128 g/mol. The first kappa shape index (κ1) is 7.07. The van der Waals surface area contributed by atoms with Crippen molar-refractivity contribution in [3.63, 3.8) is 0 Å². The van der Waals surface area contributed by atoms with Crippen molar-refractivity contribution in [1.82, 2.24) is 0 Å². The van der Waals surface area contributed by atoms with Gasteiger partial charge in [-0.15, -0.1) is 0 Å². The van der Waals surface area contributed by atoms with Crippen LogP contribution in [0.4, 0.5) is 0 Å². The third kappa shape index (κ3) is 2.35. The highest BCUT2D eigenvalue weighted by Gasteiger charge is 2.18. The molecular weight excluding hydrogens is 110 g/mol. The number of nitrogens with two attached hydrogens (primary N) is 1. The van der Waals surface area contributed by atoms with Crippen LogP contribution in [0.2, 0.25) is 0 Å². The Bertz CT molecular complexity index is 72.6. The molecule has 1 nitrogen and oxygen atoms in total. The molecule has 1 aliphatic rings. The molecule has 1 fully saturated rings. The first-order chi connectivity index (χ1) is 4.29. The van der Waals surface area contributed by atoms with Crippen LogP contribution in [-0.4, -0.2) is 12.6 Å². The van der Waals surface area contributed by atoms with Crippen LogP contribution in [0.3, 0.4) is 0 Å². The van der Waals surface area contributed by atoms with Gasteiger partial charge in [-0.2, -0.15) is 0 Å². The van der Waals surface area contributed by atoms with Crippen LogP contribution >= 0.6 is 0 Å². The monoisotopic (exact) mass is 128 g/mol. The second kappa shape index (κ2) is 3.21. The molecule has 1 heterocycles. The Balaban J connectivity index is 2.11. The molecular formula is C8H18N+. The fourth-order valence-electron chi connectivity index (χ4n) is 1.67. The van der Waals surface area contributed by atoms with Gasteiger partial charge in [0.2, 0.25) is 0 Å². The Hall–Kier alpha value is -0.0400. The van der Waals surface area contributed by atoms with Crippen LogP contribution in [0.5, 0.6) is 0 Å². The van der Waals surface area contributed by atoms with Crippen molar-refractivity contribution < 1.29 is 5.32 Å². The van der Waals surface area contributed by atoms with Gasteiger partial charge in [-0.25, -0.2) is 0 Å². The van der Waals surface area contributed by atoms with Crippen molar-refractivity contribution in [3.8, 4) is 0 Å². The van der Waals surface area contributed by atoms with E-state index in [0.717, 1.165) is 12.0 Å². The van der Waals surface area contributed by atoms with Crippen molar-refractivity contribution in [1.29, 1.82) is 0 Å². The summed E-state index contributed by atoms with van der Waals surface area (Å²) >= 11 is 0. The van der Waals surface area contributed by atoms with E-state index in [9.17, 15) is 0 Å². The molecule has 0 aliphatic carbocycles. The van der Waals surface area contributed by atoms with Gasteiger partial charge in [0.25, 0.3) is 0 Å². The van der Waals surface area contributed by atoms with E-state index in [0.29, 0.717) is 0 Å². The van der Waals surface area contributed by atoms with E-state index in [1.807, 2.05) is 0 Å². The van der Waals surface area contributed by atoms with Crippen molar-refractivity contribution in [2.75, 3.05) is 6.54 Å². The minimum Gasteiger partial charge on any atom is -0.344 e. The Kier molecular flexibility index (Phi) is 2.52. The van der Waals surface area contributed by atoms with Crippen LogP contribution in [0.1, 0.15) is 33.1 Å². The maximum absolute atomic E-state index is 2.50. The summed E-state index contributed by atoms with van der Waals surface area (Å²) in [5.74, 6) is 0.893. The summed E-state index contributed by atoms with van der Waals surface area (Å²) in [6, 6.07) is 0.963. The fourth-order valence-corrected chi connectivity index (χ4v) is 1.67. The molecule has 1 unspecified atom stereocenters. The van der Waals surface area contributed by atoms with Gasteiger partial charge in [0, 0.05) is 19.3 Å². The van der Waals surface area contributed by atoms with E-state index in [-0.39, 0.29) is 0 Å². The van der Waals surface area contributed by atoms with Gasteiger partial charge in [-0.3, -0.25) is 0 Å². The molecule has 0 spiro atoms. The van der Waals surface area contributed by atoms with E-state index in [1.54, 1.807) is 0 Å². The van der Waals surface area contributed by atoms with E-state index >= 15 is 0 Å². The Morgan fingerprint density at radius 1 is 1.56 bits per heavy atom. The molecule has 0 saturated carbocycles. The molecule has 1 aliphatic heterocycles. The van der Waals surface area contributed by atoms with Crippen LogP contribution in [0.15, 0.2) is 0 Å². The smallest absolute Gasteiger partial charge is 0.0863 e. The quantitative estimate of drug-likeness (QED) is 0.565. The van der Waals surface area contributed by atoms with Crippen molar-refractivity contribution >= 4 is 0 Å². The summed E-state index contributed by atoms with van der Waals surface area (Å²) in [6.45, 7) is 6.00. The van der Waals surface area contributed by atoms with Gasteiger partial charge in [0.05, 0.1) is 12.6 Å². The van der Waals surface area contributed by atoms with Crippen LogP contribution < -0.4 is 5.32 Å². The molecule has 0 radical (unpaired) electrons. The second-order valence-electron chi connectivity index (χ2n) is 3.56. The average Bonchev–Trinajstić information content (AvgIpc) is 2.15. The number of hydrogen-bond donors (Lipinski definition) is 1. The lowest BCUT2D eigenvalue weighted by Gasteiger charge is -2.08. The van der Waals surface area contributed by atoms with Crippen LogP contribution in [0.25, 0.3) is 0 Å². The first-order valence-corrected chi connectivity index (χ1v) is 4.12. The first-order valence-electron chi connectivity index (χ1n) is 4.12. The summed E-state index contributed by atoms with van der Waals surface area (Å²) in [5, 5.41) is 2.50. The molecule has 0 aromatic carbocycles. The molecule has 54 valence electrons. The zero-order valence-electron chi connectivity index (χ0n) is 6.56. The topological polar surface area (TPSA) is 16.6 Å². The van der Waals surface area contributed by atoms with Gasteiger partial charge < -0.3 is 5.32 Å². The molecule has 0 aromatic rings. The minimum atomic E-state index is 0.893. The lowest BCUT2D eigenvalue weighted by atomic mass is 10.0. The minimum absolute atomic E-state index is 0.893. The van der Waals surface area contributed by atoms with E-state index in [4.69, 9.17) is 0 Å². The maximum Gasteiger partial charge on any atom is 0.0863 e. The molecule has 2 N–H and O–H groups in total. The summed E-state index contributed by atoms with van der Waals surface area (Å²) < 4.78 is 0. The number of hydrogen-bond acceptors (Lipinski definition) is 0. The number of quaternary nitrogens is 1. The van der Waals surface area contributed by atoms with E-state index in [1.165, 1.54) is 25.8 Å². The van der Waals surface area contributed by atoms with Crippen LogP contribution in [-0.2, 0) is 0 Å². The highest BCUT2D eigenvalue weighted by atomic mass is 14.9. The summed E-state index contributed by atoms with van der Waals surface area (Å²) in [7, 11) is 0. The van der Waals surface area contributed by atoms with Crippen LogP contribution in [0, 0.1) is 5.92 Å². The summed E-state index contributed by atoms with van der Waals surface area (Å²) in [5.41, 5.74) is 0. The molecule has 1 heteroatoms. The summed E-state index contributed by atoms with van der Waals surface area (Å²) in [6.07, 6.45) is 4.32. The van der Waals surface area contributed by atoms with Gasteiger partial charge in [0.1, 0.15) is 0 Å². The third-order valence-corrected chi connectivity index (χ3v) is 2.05. The Morgan fingerprint density at radius 2 is 2.33 bits per heavy atom. The lowest BCUT2D eigenvalue weighted by Crippen LogP contribution is -2.86. The zero-order valence-corrected chi connectivity index (χ0v) is 6.56. The zero-order chi connectivity index (χ0) is 6.69. The van der Waals surface area contributed by atoms with E-state index < -0.39 is 0 Å². The maximum atomic E-state index is 2.50. The molecule has 1 rings (SSSR count). The molecule has 0 bridgehead atoms. The standard InChI is InChI=1S/C8H17N/c1-7(2)6-8-4-3-5-9-8/h7-9H,3-6H2,1-2H3/p+1. The molecule has 0 aromatic heterocycles. The lowest BCUT2D eigenvalue weighted by molar-refractivity contribution is -0.671. The molecule has 0 amide bonds. The highest BCUT2D eigenvalue weighted by Crippen LogP contribution is 2.08. The predicted octanol–water partition coefficient (Wildman–Crippen LogP) is 0.758. The SMILES string of the molecule is CC(C)CC1CCC[NH2+]1. The predicted molar refractivity (Wildman–Crippen MR) is 39.3 cm³/mol. The van der Waals surface area contributed by atoms with Gasteiger partial charge in [-0.1, -0.05) is 13.8 Å². The van der Waals surface area contributed by atoms with Crippen molar-refractivity contribution in [2.45, 2.75) is 39.2 Å². The molecule has 1 atom stereocenters. The largest absolute Gasteiger partial charge is 0.344 e. The Morgan fingerprint density at radius 3 is 2.78 bits per heavy atom. The van der Waals surface area contributed by atoms with Gasteiger partial charge >= 0.3 is 0 Å². The molecule has 9 heavy (non-hydrogen) atoms. The highest BCUT2D eigenvalue weighted by molar-refractivity contribution is 4.61. The number of rotatable bonds is 2. The second-order valence-corrected chi connectivity index (χ2v) is 3.56. The van der Waals surface area contributed by atoms with Gasteiger partial charge in [-0.05, 0) is 5.92 Å². The van der Waals surface area contributed by atoms with Crippen molar-refractivity contribution in [2.24, 2.45) is 5.92 Å². The third-order valence-electron chi connectivity index (χ3n) is 2.05.